The molecule has 1 amide bonds. The van der Waals surface area contributed by atoms with Crippen molar-refractivity contribution in [3.05, 3.63) is 75.0 Å². The predicted octanol–water partition coefficient (Wildman–Crippen LogP) is 8.54. The van der Waals surface area contributed by atoms with E-state index in [-0.39, 0.29) is 82.1 Å². The maximum atomic E-state index is 17.3. The van der Waals surface area contributed by atoms with Crippen molar-refractivity contribution in [1.82, 2.24) is 29.5 Å². The molecule has 15 heteroatoms. The van der Waals surface area contributed by atoms with E-state index in [1.54, 1.807) is 23.1 Å². The largest absolute Gasteiger partial charge is 0.437 e. The minimum absolute atomic E-state index is 0.0183. The monoisotopic (exact) mass is 804 g/mol. The van der Waals surface area contributed by atoms with Crippen LogP contribution in [0.25, 0.3) is 32.9 Å². The number of nitrogens with one attached hydrogen (secondary N) is 1. The Morgan fingerprint density at radius 1 is 1.11 bits per heavy atom. The summed E-state index contributed by atoms with van der Waals surface area (Å²) in [4.78, 5) is 23.1. The number of halogens is 6. The zero-order valence-corrected chi connectivity index (χ0v) is 32.2. The summed E-state index contributed by atoms with van der Waals surface area (Å²) in [7, 11) is 1.49. The molecule has 7 heterocycles. The van der Waals surface area contributed by atoms with Crippen molar-refractivity contribution in [2.24, 2.45) is 24.8 Å². The van der Waals surface area contributed by atoms with Crippen molar-refractivity contribution in [3.8, 4) is 17.2 Å². The van der Waals surface area contributed by atoms with Gasteiger partial charge < -0.3 is 19.7 Å². The first-order chi connectivity index (χ1) is 26.8. The van der Waals surface area contributed by atoms with Gasteiger partial charge in [-0.2, -0.15) is 23.5 Å². The number of fused-ring (bicyclic) bond motifs is 6. The Hall–Kier alpha value is -4.38. The first-order valence-corrected chi connectivity index (χ1v) is 20.0. The van der Waals surface area contributed by atoms with Crippen LogP contribution < -0.4 is 10.2 Å². The van der Waals surface area contributed by atoms with E-state index in [0.29, 0.717) is 41.1 Å². The second kappa shape index (κ2) is 12.8. The average molecular weight is 806 g/mol. The van der Waals surface area contributed by atoms with Gasteiger partial charge >= 0.3 is 6.18 Å². The number of amides is 1. The maximum Gasteiger partial charge on any atom is 0.437 e. The number of likely N-dealkylation sites (tertiary alicyclic amines) is 1. The van der Waals surface area contributed by atoms with Crippen LogP contribution in [0.3, 0.4) is 0 Å². The summed E-state index contributed by atoms with van der Waals surface area (Å²) < 4.78 is 63.7. The van der Waals surface area contributed by atoms with Crippen LogP contribution in [-0.4, -0.2) is 61.9 Å². The predicted molar refractivity (Wildman–Crippen MR) is 205 cm³/mol. The van der Waals surface area contributed by atoms with Gasteiger partial charge in [0.25, 0.3) is 0 Å². The van der Waals surface area contributed by atoms with Gasteiger partial charge in [-0.1, -0.05) is 35.3 Å². The molecule has 0 spiro atoms. The Labute approximate surface area is 330 Å². The molecule has 1 N–H and O–H groups in total. The fourth-order valence-corrected chi connectivity index (χ4v) is 10.8. The molecule has 290 valence electrons. The molecule has 6 aliphatic rings. The zero-order valence-electron chi connectivity index (χ0n) is 30.7. The van der Waals surface area contributed by atoms with Gasteiger partial charge in [-0.15, -0.1) is 0 Å². The van der Waals surface area contributed by atoms with Crippen molar-refractivity contribution in [2.45, 2.75) is 75.8 Å². The molecule has 5 aromatic rings. The lowest BCUT2D eigenvalue weighted by molar-refractivity contribution is -0.141. The molecule has 6 fully saturated rings. The molecule has 9 nitrogen and oxygen atoms in total. The zero-order chi connectivity index (χ0) is 38.9. The molecule has 4 saturated heterocycles. The number of pyridine rings is 1. The van der Waals surface area contributed by atoms with E-state index in [9.17, 15) is 23.2 Å². The van der Waals surface area contributed by atoms with Crippen molar-refractivity contribution in [1.29, 1.82) is 5.26 Å². The number of nitrogens with zero attached hydrogens (tertiary/aromatic N) is 7. The highest BCUT2D eigenvalue weighted by molar-refractivity contribution is 6.43. The Balaban J connectivity index is 1.20. The van der Waals surface area contributed by atoms with E-state index >= 15 is 4.39 Å². The lowest BCUT2D eigenvalue weighted by Gasteiger charge is -2.40. The summed E-state index contributed by atoms with van der Waals surface area (Å²) in [6.45, 7) is 3.27. The molecule has 2 aliphatic carbocycles. The molecular formula is C41H38Cl2F4N8O. The molecule has 0 unspecified atom stereocenters. The van der Waals surface area contributed by atoms with Gasteiger partial charge in [0.2, 0.25) is 5.91 Å². The number of nitriles is 1. The topological polar surface area (TPSA) is 95.0 Å². The van der Waals surface area contributed by atoms with Crippen LogP contribution in [0.4, 0.5) is 23.2 Å². The molecule has 2 saturated carbocycles. The third kappa shape index (κ3) is 5.38. The SMILES string of the molecule is Cc1nc2c(F)c(-c3cccc(Cl)c3Cl)c(CCC#N)cc2c2c1cc([C@H]1[C@H]3C[C@H](CN(c4cn(C)nc4C(F)(F)F)C3)N1C(=O)C1CC1)n2[C@H]1[C@H]2CN[C@@H]1C2. The normalized spacial score (nSPS) is 25.7. The van der Waals surface area contributed by atoms with Gasteiger partial charge in [-0.3, -0.25) is 9.48 Å². The Morgan fingerprint density at radius 3 is 2.61 bits per heavy atom. The summed E-state index contributed by atoms with van der Waals surface area (Å²) in [5, 5.41) is 19.0. The number of piperidine rings is 1. The summed E-state index contributed by atoms with van der Waals surface area (Å²) in [6.07, 6.45) is 0.435. The number of rotatable bonds is 7. The summed E-state index contributed by atoms with van der Waals surface area (Å²) >= 11 is 13.1. The molecule has 6 atom stereocenters. The first kappa shape index (κ1) is 36.0. The van der Waals surface area contributed by atoms with Crippen molar-refractivity contribution in [2.75, 3.05) is 24.5 Å². The fraction of sp³-hybridized carbons (Fsp3) is 0.463. The van der Waals surface area contributed by atoms with E-state index in [1.807, 2.05) is 17.9 Å². The number of anilines is 1. The number of carbonyl (C=O) groups excluding carboxylic acids is 1. The second-order valence-corrected chi connectivity index (χ2v) is 17.1. The molecule has 2 aromatic carbocycles. The number of benzene rings is 2. The standard InChI is InChI=1S/C41H38Cl2F4N8O/c1-19-26-14-30(37-23-11-24(54(37)40(56)20-8-9-20)17-53(16-23)31-18-52(2)51-39(31)41(45,46)47)55(36-22-13-29(36)49-15-22)38(26)27-12-21(5-4-10-48)32(34(44)35(27)50-19)25-6-3-7-28(42)33(25)43/h3,6-7,12,14,18,20,22-24,29,36-37,49H,4-5,8-9,11,13,15-17H2,1-2H3/t22-,23+,24-,29-,36+,37-/m1/s1. The lowest BCUT2D eigenvalue weighted by atomic mass is 9.79. The average Bonchev–Trinajstić information content (AvgIpc) is 3.47. The van der Waals surface area contributed by atoms with Gasteiger partial charge in [-0.25, -0.2) is 9.37 Å². The van der Waals surface area contributed by atoms with Crippen LogP contribution in [-0.2, 0) is 24.4 Å². The highest BCUT2D eigenvalue weighted by atomic mass is 35.5. The van der Waals surface area contributed by atoms with E-state index in [2.05, 4.69) is 27.1 Å². The first-order valence-electron chi connectivity index (χ1n) is 19.2. The van der Waals surface area contributed by atoms with Crippen LogP contribution in [0.5, 0.6) is 0 Å². The summed E-state index contributed by atoms with van der Waals surface area (Å²) in [5.74, 6) is -0.480. The number of alkyl halides is 3. The van der Waals surface area contributed by atoms with Gasteiger partial charge in [0.05, 0.1) is 45.4 Å². The number of carbonyl (C=O) groups is 1. The Morgan fingerprint density at radius 2 is 1.91 bits per heavy atom. The molecule has 56 heavy (non-hydrogen) atoms. The highest BCUT2D eigenvalue weighted by Crippen LogP contribution is 2.54. The third-order valence-corrected chi connectivity index (χ3v) is 13.8. The summed E-state index contributed by atoms with van der Waals surface area (Å²) in [5.41, 5.74) is 2.90. The van der Waals surface area contributed by atoms with Crippen LogP contribution in [0.2, 0.25) is 10.0 Å². The van der Waals surface area contributed by atoms with Gasteiger partial charge in [-0.05, 0) is 68.7 Å². The molecule has 4 bridgehead atoms. The van der Waals surface area contributed by atoms with Crippen LogP contribution in [0, 0.1) is 41.8 Å². The minimum Gasteiger partial charge on any atom is -0.366 e. The quantitative estimate of drug-likeness (QED) is 0.166. The second-order valence-electron chi connectivity index (χ2n) is 16.3. The Bertz CT molecular complexity index is 2510. The molecule has 0 radical (unpaired) electrons. The van der Waals surface area contributed by atoms with Gasteiger partial charge in [0, 0.05) is 90.5 Å². The van der Waals surface area contributed by atoms with Crippen LogP contribution >= 0.6 is 23.2 Å². The molecular weight excluding hydrogens is 767 g/mol. The van der Waals surface area contributed by atoms with Crippen molar-refractivity contribution in [3.63, 3.8) is 0 Å². The number of hydrogen-bond donors (Lipinski definition) is 1. The summed E-state index contributed by atoms with van der Waals surface area (Å²) in [6, 6.07) is 10.8. The maximum absolute atomic E-state index is 17.3. The lowest BCUT2D eigenvalue weighted by Crippen LogP contribution is -2.45. The van der Waals surface area contributed by atoms with E-state index in [1.165, 1.54) is 17.9 Å². The smallest absolute Gasteiger partial charge is 0.366 e. The van der Waals surface area contributed by atoms with E-state index in [0.717, 1.165) is 42.4 Å². The van der Waals surface area contributed by atoms with Crippen molar-refractivity contribution >= 4 is 56.6 Å². The number of aryl methyl sites for hydroxylation is 3. The van der Waals surface area contributed by atoms with E-state index in [4.69, 9.17) is 28.2 Å². The molecule has 3 aromatic heterocycles. The van der Waals surface area contributed by atoms with E-state index < -0.39 is 23.7 Å². The highest BCUT2D eigenvalue weighted by Gasteiger charge is 2.55. The third-order valence-electron chi connectivity index (χ3n) is 12.9. The van der Waals surface area contributed by atoms with Crippen molar-refractivity contribution < 1.29 is 22.4 Å². The Kier molecular flexibility index (Phi) is 8.24. The molecule has 4 aliphatic heterocycles. The number of hydrogen-bond acceptors (Lipinski definition) is 6. The minimum atomic E-state index is -4.64. The number of aromatic nitrogens is 4. The van der Waals surface area contributed by atoms with Crippen LogP contribution in [0.1, 0.15) is 66.8 Å². The van der Waals surface area contributed by atoms with Gasteiger partial charge in [0.15, 0.2) is 11.5 Å². The van der Waals surface area contributed by atoms with Crippen LogP contribution in [0.15, 0.2) is 36.5 Å². The molecule has 11 rings (SSSR count). The van der Waals surface area contributed by atoms with Gasteiger partial charge in [0.1, 0.15) is 5.52 Å². The fourth-order valence-electron chi connectivity index (χ4n) is 10.4.